The number of hydrogen-bond acceptors (Lipinski definition) is 7. The molecule has 3 N–H and O–H groups in total. The van der Waals surface area contributed by atoms with Gasteiger partial charge in [-0.1, -0.05) is 6.92 Å². The highest BCUT2D eigenvalue weighted by Crippen LogP contribution is 2.41. The number of fused-ring (bicyclic) bond motifs is 1. The number of nitrogens with one attached hydrogen (secondary N) is 3. The first-order chi connectivity index (χ1) is 16.5. The van der Waals surface area contributed by atoms with Crippen LogP contribution in [0.4, 0.5) is 9.59 Å². The fourth-order valence-corrected chi connectivity index (χ4v) is 5.51. The summed E-state index contributed by atoms with van der Waals surface area (Å²) in [5.74, 6) is -0.106. The van der Waals surface area contributed by atoms with E-state index in [1.165, 1.54) is 24.1 Å². The Balaban J connectivity index is 1.90. The molecule has 0 aromatic heterocycles. The van der Waals surface area contributed by atoms with Crippen molar-refractivity contribution >= 4 is 28.0 Å². The molecule has 5 amide bonds. The molecule has 0 fully saturated rings. The number of nitrogens with zero attached hydrogens (tertiary/aromatic N) is 1. The number of sulfonamides is 1. The van der Waals surface area contributed by atoms with Gasteiger partial charge in [-0.15, -0.1) is 0 Å². The lowest BCUT2D eigenvalue weighted by molar-refractivity contribution is -0.123. The molecule has 1 aromatic rings. The van der Waals surface area contributed by atoms with E-state index in [9.17, 15) is 22.8 Å². The number of carbonyl (C=O) groups excluding carboxylic acids is 3. The highest BCUT2D eigenvalue weighted by Gasteiger charge is 2.35. The van der Waals surface area contributed by atoms with Crippen LogP contribution in [0.5, 0.6) is 11.5 Å². The van der Waals surface area contributed by atoms with Crippen LogP contribution in [0.3, 0.4) is 0 Å². The lowest BCUT2D eigenvalue weighted by Gasteiger charge is -2.32. The minimum absolute atomic E-state index is 0.0521. The van der Waals surface area contributed by atoms with Crippen molar-refractivity contribution in [1.29, 1.82) is 0 Å². The first kappa shape index (κ1) is 26.3. The van der Waals surface area contributed by atoms with E-state index in [-0.39, 0.29) is 35.6 Å². The van der Waals surface area contributed by atoms with Gasteiger partial charge >= 0.3 is 12.1 Å². The standard InChI is InChI=1S/C23H32N4O7S/c1-6-15-13(3)12-27(21(15)28)23(30)25-14(4)16-8-9-34-18-11-19(33-7-2)20(10-17(16)18)35(31,32)26-22(29)24-5/h10-11,14,16H,6-9,12H2,1-5H3,(H,25,30)(H2,24,26,29). The largest absolute Gasteiger partial charge is 0.493 e. The van der Waals surface area contributed by atoms with E-state index < -0.39 is 28.1 Å². The summed E-state index contributed by atoms with van der Waals surface area (Å²) >= 11 is 0. The summed E-state index contributed by atoms with van der Waals surface area (Å²) in [4.78, 5) is 38.2. The quantitative estimate of drug-likeness (QED) is 0.512. The lowest BCUT2D eigenvalue weighted by Crippen LogP contribution is -2.47. The number of carbonyl (C=O) groups is 3. The summed E-state index contributed by atoms with van der Waals surface area (Å²) < 4.78 is 39.1. The van der Waals surface area contributed by atoms with Crippen LogP contribution >= 0.6 is 0 Å². The van der Waals surface area contributed by atoms with Crippen LogP contribution < -0.4 is 24.8 Å². The molecular formula is C23H32N4O7S. The molecule has 0 bridgehead atoms. The molecule has 1 aromatic carbocycles. The van der Waals surface area contributed by atoms with E-state index in [1.54, 1.807) is 13.8 Å². The van der Waals surface area contributed by atoms with Crippen LogP contribution in [0.1, 0.15) is 52.0 Å². The molecule has 0 saturated heterocycles. The fourth-order valence-electron chi connectivity index (χ4n) is 4.39. The van der Waals surface area contributed by atoms with E-state index in [1.807, 2.05) is 18.6 Å². The Labute approximate surface area is 205 Å². The van der Waals surface area contributed by atoms with Crippen LogP contribution in [0.2, 0.25) is 0 Å². The van der Waals surface area contributed by atoms with Gasteiger partial charge in [0.05, 0.1) is 19.8 Å². The molecule has 2 heterocycles. The summed E-state index contributed by atoms with van der Waals surface area (Å²) in [6.45, 7) is 8.03. The third-order valence-corrected chi connectivity index (χ3v) is 7.52. The van der Waals surface area contributed by atoms with Crippen molar-refractivity contribution in [1.82, 2.24) is 20.3 Å². The van der Waals surface area contributed by atoms with Gasteiger partial charge in [0.1, 0.15) is 16.4 Å². The topological polar surface area (TPSA) is 143 Å². The molecule has 0 radical (unpaired) electrons. The molecule has 0 aliphatic carbocycles. The predicted octanol–water partition coefficient (Wildman–Crippen LogP) is 2.24. The van der Waals surface area contributed by atoms with Crippen LogP contribution in [0.15, 0.2) is 28.2 Å². The number of amides is 5. The van der Waals surface area contributed by atoms with Gasteiger partial charge in [-0.2, -0.15) is 0 Å². The average Bonchev–Trinajstić information content (AvgIpc) is 3.10. The zero-order valence-corrected chi connectivity index (χ0v) is 21.4. The molecule has 0 spiro atoms. The molecule has 2 aliphatic rings. The Hall–Kier alpha value is -3.28. The van der Waals surface area contributed by atoms with Crippen molar-refractivity contribution in [3.05, 3.63) is 28.8 Å². The SMILES string of the molecule is CCOc1cc2c(cc1S(=O)(=O)NC(=O)NC)C(C(C)NC(=O)N1CC(C)=C(CC)C1=O)CCO2. The second kappa shape index (κ2) is 10.5. The number of imide groups is 1. The van der Waals surface area contributed by atoms with Crippen LogP contribution in [0.25, 0.3) is 0 Å². The van der Waals surface area contributed by atoms with Gasteiger partial charge in [0.25, 0.3) is 15.9 Å². The molecule has 35 heavy (non-hydrogen) atoms. The molecule has 2 unspecified atom stereocenters. The Bertz CT molecular complexity index is 1160. The monoisotopic (exact) mass is 508 g/mol. The zero-order valence-electron chi connectivity index (χ0n) is 20.6. The summed E-state index contributed by atoms with van der Waals surface area (Å²) in [7, 11) is -2.95. The van der Waals surface area contributed by atoms with Crippen LogP contribution in [0, 0.1) is 0 Å². The smallest absolute Gasteiger partial charge is 0.328 e. The molecular weight excluding hydrogens is 476 g/mol. The number of hydrogen-bond donors (Lipinski definition) is 3. The van der Waals surface area contributed by atoms with Crippen molar-refractivity contribution in [3.63, 3.8) is 0 Å². The van der Waals surface area contributed by atoms with Gasteiger partial charge in [-0.05, 0) is 45.3 Å². The van der Waals surface area contributed by atoms with Crippen molar-refractivity contribution < 1.29 is 32.3 Å². The fraction of sp³-hybridized carbons (Fsp3) is 0.522. The summed E-state index contributed by atoms with van der Waals surface area (Å²) in [6.07, 6.45) is 1.07. The first-order valence-corrected chi connectivity index (χ1v) is 13.0. The molecule has 12 heteroatoms. The van der Waals surface area contributed by atoms with Crippen molar-refractivity contribution in [3.8, 4) is 11.5 Å². The van der Waals surface area contributed by atoms with E-state index in [0.717, 1.165) is 5.57 Å². The summed E-state index contributed by atoms with van der Waals surface area (Å²) in [5, 5.41) is 5.11. The summed E-state index contributed by atoms with van der Waals surface area (Å²) in [6, 6.07) is 1.08. The Morgan fingerprint density at radius 1 is 1.29 bits per heavy atom. The van der Waals surface area contributed by atoms with Gasteiger partial charge in [0, 0.05) is 36.2 Å². The molecule has 192 valence electrons. The molecule has 2 atom stereocenters. The Morgan fingerprint density at radius 3 is 2.60 bits per heavy atom. The van der Waals surface area contributed by atoms with Crippen LogP contribution in [-0.4, -0.2) is 64.1 Å². The number of benzene rings is 1. The lowest BCUT2D eigenvalue weighted by atomic mass is 9.87. The Morgan fingerprint density at radius 2 is 2.00 bits per heavy atom. The van der Waals surface area contributed by atoms with E-state index in [4.69, 9.17) is 9.47 Å². The number of rotatable bonds is 7. The average molecular weight is 509 g/mol. The normalized spacial score (nSPS) is 18.5. The van der Waals surface area contributed by atoms with Crippen molar-refractivity contribution in [2.75, 3.05) is 26.8 Å². The summed E-state index contributed by atoms with van der Waals surface area (Å²) in [5.41, 5.74) is 2.07. The predicted molar refractivity (Wildman–Crippen MR) is 128 cm³/mol. The number of ether oxygens (including phenoxy) is 2. The molecule has 11 nitrogen and oxygen atoms in total. The van der Waals surface area contributed by atoms with Gasteiger partial charge < -0.3 is 20.1 Å². The van der Waals surface area contributed by atoms with E-state index >= 15 is 0 Å². The maximum Gasteiger partial charge on any atom is 0.328 e. The van der Waals surface area contributed by atoms with Crippen molar-refractivity contribution in [2.24, 2.45) is 0 Å². The van der Waals surface area contributed by atoms with E-state index in [0.29, 0.717) is 36.3 Å². The number of urea groups is 2. The maximum absolute atomic E-state index is 12.9. The van der Waals surface area contributed by atoms with Gasteiger partial charge in [0.2, 0.25) is 0 Å². The molecule has 2 aliphatic heterocycles. The first-order valence-electron chi connectivity index (χ1n) is 11.5. The van der Waals surface area contributed by atoms with Gasteiger partial charge in [0.15, 0.2) is 0 Å². The van der Waals surface area contributed by atoms with Crippen molar-refractivity contribution in [2.45, 2.75) is 57.4 Å². The second-order valence-corrected chi connectivity index (χ2v) is 10.1. The molecule has 3 rings (SSSR count). The third kappa shape index (κ3) is 5.37. The highest BCUT2D eigenvalue weighted by molar-refractivity contribution is 7.90. The Kier molecular flexibility index (Phi) is 7.93. The minimum Gasteiger partial charge on any atom is -0.493 e. The maximum atomic E-state index is 12.9. The van der Waals surface area contributed by atoms with Gasteiger partial charge in [-0.3, -0.25) is 9.69 Å². The second-order valence-electron chi connectivity index (χ2n) is 8.44. The third-order valence-electron chi connectivity index (χ3n) is 6.17. The molecule has 0 saturated carbocycles. The van der Waals surface area contributed by atoms with E-state index in [2.05, 4.69) is 10.6 Å². The minimum atomic E-state index is -4.25. The van der Waals surface area contributed by atoms with Crippen LogP contribution in [-0.2, 0) is 14.8 Å². The van der Waals surface area contributed by atoms with Gasteiger partial charge in [-0.25, -0.2) is 22.7 Å². The zero-order chi connectivity index (χ0) is 25.9. The highest BCUT2D eigenvalue weighted by atomic mass is 32.2.